The minimum atomic E-state index is -3.66. The summed E-state index contributed by atoms with van der Waals surface area (Å²) in [5.74, 6) is -0.241. The highest BCUT2D eigenvalue weighted by Crippen LogP contribution is 2.31. The lowest BCUT2D eigenvalue weighted by Gasteiger charge is -2.18. The number of aryl methyl sites for hydroxylation is 1. The molecule has 130 valence electrons. The maximum atomic E-state index is 12.9. The van der Waals surface area contributed by atoms with E-state index in [1.54, 1.807) is 24.3 Å². The van der Waals surface area contributed by atoms with Crippen molar-refractivity contribution in [1.29, 1.82) is 0 Å². The van der Waals surface area contributed by atoms with Crippen LogP contribution in [0.4, 0.5) is 5.82 Å². The van der Waals surface area contributed by atoms with Crippen molar-refractivity contribution < 1.29 is 18.4 Å². The number of aromatic nitrogens is 1. The summed E-state index contributed by atoms with van der Waals surface area (Å²) in [6, 6.07) is 8.56. The van der Waals surface area contributed by atoms with Crippen LogP contribution in [0.25, 0.3) is 6.08 Å². The predicted molar refractivity (Wildman–Crippen MR) is 92.6 cm³/mol. The van der Waals surface area contributed by atoms with Gasteiger partial charge >= 0.3 is 0 Å². The molecule has 0 saturated heterocycles. The van der Waals surface area contributed by atoms with Crippen molar-refractivity contribution in [2.75, 3.05) is 10.8 Å². The zero-order valence-electron chi connectivity index (χ0n) is 13.5. The van der Waals surface area contributed by atoms with Crippen molar-refractivity contribution in [1.82, 2.24) is 10.5 Å². The molecule has 0 atom stereocenters. The molecule has 0 spiro atoms. The van der Waals surface area contributed by atoms with Crippen LogP contribution in [-0.4, -0.2) is 31.1 Å². The molecule has 1 aliphatic heterocycles. The number of carbonyl (C=O) groups is 1. The van der Waals surface area contributed by atoms with Crippen LogP contribution in [0.3, 0.4) is 0 Å². The molecule has 1 amide bonds. The Kier molecular flexibility index (Phi) is 4.56. The molecule has 0 saturated carbocycles. The Hall–Kier alpha value is -2.71. The van der Waals surface area contributed by atoms with Crippen molar-refractivity contribution in [3.05, 3.63) is 59.3 Å². The van der Waals surface area contributed by atoms with Crippen molar-refractivity contribution in [2.45, 2.75) is 18.2 Å². The minimum Gasteiger partial charge on any atom is -0.288 e. The van der Waals surface area contributed by atoms with Gasteiger partial charge in [0.2, 0.25) is 0 Å². The van der Waals surface area contributed by atoms with Crippen LogP contribution < -0.4 is 9.79 Å². The van der Waals surface area contributed by atoms with E-state index in [2.05, 4.69) is 4.98 Å². The van der Waals surface area contributed by atoms with E-state index in [9.17, 15) is 13.2 Å². The normalized spacial score (nSPS) is 13.9. The third-order valence-electron chi connectivity index (χ3n) is 3.90. The van der Waals surface area contributed by atoms with Gasteiger partial charge in [-0.3, -0.25) is 10.0 Å². The van der Waals surface area contributed by atoms with Gasteiger partial charge in [0, 0.05) is 18.8 Å². The van der Waals surface area contributed by atoms with E-state index in [1.807, 2.05) is 13.0 Å². The van der Waals surface area contributed by atoms with Gasteiger partial charge in [0.25, 0.3) is 15.9 Å². The van der Waals surface area contributed by atoms with Crippen molar-refractivity contribution in [3.63, 3.8) is 0 Å². The molecule has 1 aromatic heterocycles. The Morgan fingerprint density at radius 3 is 2.88 bits per heavy atom. The van der Waals surface area contributed by atoms with E-state index in [-0.39, 0.29) is 4.90 Å². The Morgan fingerprint density at radius 2 is 2.16 bits per heavy atom. The van der Waals surface area contributed by atoms with Gasteiger partial charge in [-0.2, -0.15) is 0 Å². The van der Waals surface area contributed by atoms with Crippen LogP contribution in [0.5, 0.6) is 0 Å². The molecule has 0 unspecified atom stereocenters. The van der Waals surface area contributed by atoms with Crippen LogP contribution in [0.15, 0.2) is 47.5 Å². The fourth-order valence-electron chi connectivity index (χ4n) is 2.70. The summed E-state index contributed by atoms with van der Waals surface area (Å²) in [6.45, 7) is 2.17. The smallest absolute Gasteiger partial charge is 0.267 e. The molecular formula is C17H17N3O4S. The third kappa shape index (κ3) is 3.40. The zero-order valence-corrected chi connectivity index (χ0v) is 14.3. The van der Waals surface area contributed by atoms with E-state index in [1.165, 1.54) is 28.1 Å². The molecule has 1 aromatic carbocycles. The number of amides is 1. The van der Waals surface area contributed by atoms with E-state index in [0.717, 1.165) is 11.1 Å². The molecule has 2 heterocycles. The maximum absolute atomic E-state index is 12.9. The Balaban J connectivity index is 1.92. The summed E-state index contributed by atoms with van der Waals surface area (Å²) in [5.41, 5.74) is 3.82. The second kappa shape index (κ2) is 6.66. The molecule has 25 heavy (non-hydrogen) atoms. The minimum absolute atomic E-state index is 0.241. The van der Waals surface area contributed by atoms with Gasteiger partial charge in [-0.05, 0) is 54.3 Å². The number of nitrogens with zero attached hydrogens (tertiary/aromatic N) is 2. The Labute approximate surface area is 145 Å². The fourth-order valence-corrected chi connectivity index (χ4v) is 4.26. The largest absolute Gasteiger partial charge is 0.288 e. The average molecular weight is 359 g/mol. The number of pyridine rings is 1. The molecule has 0 aliphatic carbocycles. The van der Waals surface area contributed by atoms with Crippen LogP contribution >= 0.6 is 0 Å². The van der Waals surface area contributed by atoms with Crippen LogP contribution in [0, 0.1) is 6.92 Å². The van der Waals surface area contributed by atoms with Crippen molar-refractivity contribution >= 4 is 27.8 Å². The van der Waals surface area contributed by atoms with Gasteiger partial charge in [0.1, 0.15) is 5.82 Å². The van der Waals surface area contributed by atoms with Crippen LogP contribution in [0.1, 0.15) is 16.7 Å². The molecule has 2 aromatic rings. The molecule has 0 fully saturated rings. The molecule has 0 bridgehead atoms. The number of hydrogen-bond acceptors (Lipinski definition) is 5. The maximum Gasteiger partial charge on any atom is 0.267 e. The molecule has 2 N–H and O–H groups in total. The van der Waals surface area contributed by atoms with E-state index >= 15 is 0 Å². The van der Waals surface area contributed by atoms with Crippen molar-refractivity contribution in [3.8, 4) is 0 Å². The summed E-state index contributed by atoms with van der Waals surface area (Å²) in [5, 5.41) is 8.48. The Morgan fingerprint density at radius 1 is 1.36 bits per heavy atom. The average Bonchev–Trinajstić information content (AvgIpc) is 3.03. The molecule has 3 rings (SSSR count). The number of fused-ring (bicyclic) bond motifs is 1. The van der Waals surface area contributed by atoms with Gasteiger partial charge in [0.05, 0.1) is 4.90 Å². The number of hydroxylamine groups is 1. The van der Waals surface area contributed by atoms with Gasteiger partial charge in [0.15, 0.2) is 0 Å². The summed E-state index contributed by atoms with van der Waals surface area (Å²) in [7, 11) is -3.66. The van der Waals surface area contributed by atoms with Gasteiger partial charge in [-0.25, -0.2) is 23.2 Å². The lowest BCUT2D eigenvalue weighted by Crippen LogP contribution is -2.29. The van der Waals surface area contributed by atoms with Gasteiger partial charge in [-0.15, -0.1) is 0 Å². The third-order valence-corrected chi connectivity index (χ3v) is 5.68. The lowest BCUT2D eigenvalue weighted by atomic mass is 10.1. The molecule has 1 aliphatic rings. The predicted octanol–water partition coefficient (Wildman–Crippen LogP) is 1.66. The quantitative estimate of drug-likeness (QED) is 0.491. The first-order chi connectivity index (χ1) is 11.9. The Bertz CT molecular complexity index is 954. The summed E-state index contributed by atoms with van der Waals surface area (Å²) < 4.78 is 27.1. The van der Waals surface area contributed by atoms with Crippen LogP contribution in [0.2, 0.25) is 0 Å². The molecule has 8 heteroatoms. The number of benzene rings is 1. The van der Waals surface area contributed by atoms with E-state index in [0.29, 0.717) is 24.3 Å². The standard InChI is InChI=1S/C17H17N3O4S/c1-12-3-2-4-15(9-12)25(23,24)20-8-7-14-10-13(11-18-17(14)20)5-6-16(21)19-22/h2-6,9-11,22H,7-8H2,1H3,(H,19,21). The first-order valence-electron chi connectivity index (χ1n) is 7.62. The second-order valence-corrected chi connectivity index (χ2v) is 7.57. The summed E-state index contributed by atoms with van der Waals surface area (Å²) in [4.78, 5) is 15.5. The summed E-state index contributed by atoms with van der Waals surface area (Å²) in [6.07, 6.45) is 4.70. The molecule has 7 nitrogen and oxygen atoms in total. The first kappa shape index (κ1) is 17.1. The van der Waals surface area contributed by atoms with Crippen molar-refractivity contribution in [2.24, 2.45) is 0 Å². The van der Waals surface area contributed by atoms with E-state index < -0.39 is 15.9 Å². The highest BCUT2D eigenvalue weighted by Gasteiger charge is 2.32. The lowest BCUT2D eigenvalue weighted by molar-refractivity contribution is -0.124. The fraction of sp³-hybridized carbons (Fsp3) is 0.176. The van der Waals surface area contributed by atoms with Crippen LogP contribution in [-0.2, 0) is 21.2 Å². The number of carbonyl (C=O) groups excluding carboxylic acids is 1. The monoisotopic (exact) mass is 359 g/mol. The second-order valence-electron chi connectivity index (χ2n) is 5.70. The first-order valence-corrected chi connectivity index (χ1v) is 9.06. The number of anilines is 1. The highest BCUT2D eigenvalue weighted by molar-refractivity contribution is 7.92. The van der Waals surface area contributed by atoms with Gasteiger partial charge in [-0.1, -0.05) is 12.1 Å². The number of nitrogens with one attached hydrogen (secondary N) is 1. The number of hydrogen-bond donors (Lipinski definition) is 2. The highest BCUT2D eigenvalue weighted by atomic mass is 32.2. The number of rotatable bonds is 4. The van der Waals surface area contributed by atoms with Gasteiger partial charge < -0.3 is 0 Å². The molecule has 0 radical (unpaired) electrons. The molecular weight excluding hydrogens is 342 g/mol. The zero-order chi connectivity index (χ0) is 18.0. The SMILES string of the molecule is Cc1cccc(S(=O)(=O)N2CCc3cc(C=CC(=O)NO)cnc32)c1. The topological polar surface area (TPSA) is 99.6 Å². The number of sulfonamides is 1. The summed E-state index contributed by atoms with van der Waals surface area (Å²) >= 11 is 0. The van der Waals surface area contributed by atoms with E-state index in [4.69, 9.17) is 5.21 Å².